The van der Waals surface area contributed by atoms with Crippen LogP contribution in [0.15, 0.2) is 22.7 Å². The van der Waals surface area contributed by atoms with E-state index in [9.17, 15) is 0 Å². The Morgan fingerprint density at radius 1 is 1.53 bits per heavy atom. The number of nitrogens with one attached hydrogen (secondary N) is 1. The molecule has 0 bridgehead atoms. The molecule has 4 heteroatoms. The molecule has 94 valence electrons. The van der Waals surface area contributed by atoms with Gasteiger partial charge in [-0.25, -0.2) is 0 Å². The van der Waals surface area contributed by atoms with Gasteiger partial charge < -0.3 is 14.8 Å². The molecule has 1 aromatic rings. The van der Waals surface area contributed by atoms with Crippen LogP contribution >= 0.6 is 15.9 Å². The zero-order valence-electron chi connectivity index (χ0n) is 10.0. The Morgan fingerprint density at radius 3 is 3.06 bits per heavy atom. The molecule has 1 aromatic carbocycles. The van der Waals surface area contributed by atoms with Crippen LogP contribution in [-0.4, -0.2) is 26.4 Å². The summed E-state index contributed by atoms with van der Waals surface area (Å²) in [7, 11) is 1.68. The van der Waals surface area contributed by atoms with Gasteiger partial charge in [-0.15, -0.1) is 0 Å². The topological polar surface area (TPSA) is 30.5 Å². The largest absolute Gasteiger partial charge is 0.496 e. The summed E-state index contributed by atoms with van der Waals surface area (Å²) in [6.07, 6.45) is 2.36. The van der Waals surface area contributed by atoms with Crippen molar-refractivity contribution in [2.45, 2.75) is 25.4 Å². The number of ether oxygens (including phenoxy) is 2. The molecule has 1 heterocycles. The van der Waals surface area contributed by atoms with E-state index in [0.717, 1.165) is 36.4 Å². The lowest BCUT2D eigenvalue weighted by Crippen LogP contribution is -2.36. The van der Waals surface area contributed by atoms with Crippen LogP contribution in [0.2, 0.25) is 0 Å². The Balaban J connectivity index is 1.87. The molecule has 0 saturated carbocycles. The molecule has 1 saturated heterocycles. The number of benzene rings is 1. The van der Waals surface area contributed by atoms with Crippen molar-refractivity contribution in [2.75, 3.05) is 20.3 Å². The van der Waals surface area contributed by atoms with Crippen molar-refractivity contribution in [1.29, 1.82) is 0 Å². The van der Waals surface area contributed by atoms with E-state index < -0.39 is 0 Å². The van der Waals surface area contributed by atoms with Crippen molar-refractivity contribution in [3.63, 3.8) is 0 Å². The van der Waals surface area contributed by atoms with Gasteiger partial charge in [0.1, 0.15) is 5.75 Å². The highest BCUT2D eigenvalue weighted by atomic mass is 79.9. The van der Waals surface area contributed by atoms with Crippen LogP contribution in [0.1, 0.15) is 18.4 Å². The molecule has 17 heavy (non-hydrogen) atoms. The summed E-state index contributed by atoms with van der Waals surface area (Å²) in [5.74, 6) is 0.870. The third kappa shape index (κ3) is 3.69. The van der Waals surface area contributed by atoms with Crippen molar-refractivity contribution in [1.82, 2.24) is 5.32 Å². The van der Waals surface area contributed by atoms with Crippen LogP contribution in [0.25, 0.3) is 0 Å². The molecule has 1 aliphatic rings. The third-order valence-corrected chi connectivity index (χ3v) is 3.59. The standard InChI is InChI=1S/C13H18BrNO2/c1-16-13-5-4-10(7-12(13)14)8-15-11-3-2-6-17-9-11/h4-5,7,11,15H,2-3,6,8-9H2,1H3/t11-/m0/s1. The Kier molecular flexibility index (Phi) is 4.83. The van der Waals surface area contributed by atoms with Crippen molar-refractivity contribution in [2.24, 2.45) is 0 Å². The maximum atomic E-state index is 5.44. The summed E-state index contributed by atoms with van der Waals surface area (Å²) < 4.78 is 11.6. The summed E-state index contributed by atoms with van der Waals surface area (Å²) in [6.45, 7) is 2.61. The lowest BCUT2D eigenvalue weighted by molar-refractivity contribution is 0.0699. The monoisotopic (exact) mass is 299 g/mol. The fraction of sp³-hybridized carbons (Fsp3) is 0.538. The van der Waals surface area contributed by atoms with E-state index in [1.54, 1.807) is 7.11 Å². The number of halogens is 1. The van der Waals surface area contributed by atoms with Gasteiger partial charge in [-0.05, 0) is 46.5 Å². The highest BCUT2D eigenvalue weighted by Gasteiger charge is 2.12. The maximum absolute atomic E-state index is 5.44. The van der Waals surface area contributed by atoms with Gasteiger partial charge in [0.25, 0.3) is 0 Å². The summed E-state index contributed by atoms with van der Waals surface area (Å²) >= 11 is 3.50. The Hall–Kier alpha value is -0.580. The van der Waals surface area contributed by atoms with Gasteiger partial charge in [0.05, 0.1) is 18.2 Å². The Morgan fingerprint density at radius 2 is 2.41 bits per heavy atom. The van der Waals surface area contributed by atoms with Gasteiger partial charge in [-0.3, -0.25) is 0 Å². The molecular weight excluding hydrogens is 282 g/mol. The van der Waals surface area contributed by atoms with Gasteiger partial charge in [-0.1, -0.05) is 6.07 Å². The quantitative estimate of drug-likeness (QED) is 0.927. The normalized spacial score (nSPS) is 20.2. The first kappa shape index (κ1) is 12.9. The minimum atomic E-state index is 0.490. The summed E-state index contributed by atoms with van der Waals surface area (Å²) in [6, 6.07) is 6.65. The van der Waals surface area contributed by atoms with Gasteiger partial charge in [0, 0.05) is 19.2 Å². The van der Waals surface area contributed by atoms with E-state index in [1.807, 2.05) is 6.07 Å². The predicted molar refractivity (Wildman–Crippen MR) is 71.4 cm³/mol. The first-order chi connectivity index (χ1) is 8.29. The zero-order valence-corrected chi connectivity index (χ0v) is 11.6. The van der Waals surface area contributed by atoms with E-state index in [-0.39, 0.29) is 0 Å². The smallest absolute Gasteiger partial charge is 0.133 e. The molecule has 1 fully saturated rings. The Labute approximate surface area is 111 Å². The molecule has 0 unspecified atom stereocenters. The van der Waals surface area contributed by atoms with Crippen LogP contribution in [0.4, 0.5) is 0 Å². The first-order valence-electron chi connectivity index (χ1n) is 5.93. The molecule has 1 aliphatic heterocycles. The molecule has 0 aromatic heterocycles. The number of hydrogen-bond donors (Lipinski definition) is 1. The van der Waals surface area contributed by atoms with E-state index in [1.165, 1.54) is 12.0 Å². The molecule has 1 N–H and O–H groups in total. The number of rotatable bonds is 4. The summed E-state index contributed by atoms with van der Waals surface area (Å²) in [4.78, 5) is 0. The Bertz CT molecular complexity index is 364. The van der Waals surface area contributed by atoms with Gasteiger partial charge in [0.2, 0.25) is 0 Å². The van der Waals surface area contributed by atoms with Crippen molar-refractivity contribution < 1.29 is 9.47 Å². The second-order valence-corrected chi connectivity index (χ2v) is 5.12. The molecule has 3 nitrogen and oxygen atoms in total. The number of methoxy groups -OCH3 is 1. The van der Waals surface area contributed by atoms with E-state index in [4.69, 9.17) is 9.47 Å². The third-order valence-electron chi connectivity index (χ3n) is 2.97. The predicted octanol–water partition coefficient (Wildman–Crippen LogP) is 2.73. The summed E-state index contributed by atoms with van der Waals surface area (Å²) in [5.41, 5.74) is 1.25. The molecule has 0 amide bonds. The van der Waals surface area contributed by atoms with E-state index in [0.29, 0.717) is 6.04 Å². The van der Waals surface area contributed by atoms with Crippen LogP contribution in [0.3, 0.4) is 0 Å². The molecule has 1 atom stereocenters. The highest BCUT2D eigenvalue weighted by molar-refractivity contribution is 9.10. The minimum absolute atomic E-state index is 0.490. The molecule has 0 aliphatic carbocycles. The average molecular weight is 300 g/mol. The average Bonchev–Trinajstić information content (AvgIpc) is 2.38. The van der Waals surface area contributed by atoms with Crippen LogP contribution in [-0.2, 0) is 11.3 Å². The number of hydrogen-bond acceptors (Lipinski definition) is 3. The van der Waals surface area contributed by atoms with Crippen LogP contribution in [0.5, 0.6) is 5.75 Å². The summed E-state index contributed by atoms with van der Waals surface area (Å²) in [5, 5.41) is 3.52. The zero-order chi connectivity index (χ0) is 12.1. The second-order valence-electron chi connectivity index (χ2n) is 4.26. The van der Waals surface area contributed by atoms with Gasteiger partial charge in [0.15, 0.2) is 0 Å². The molecule has 0 radical (unpaired) electrons. The van der Waals surface area contributed by atoms with Crippen LogP contribution in [0, 0.1) is 0 Å². The van der Waals surface area contributed by atoms with Crippen LogP contribution < -0.4 is 10.1 Å². The van der Waals surface area contributed by atoms with Crippen molar-refractivity contribution in [3.05, 3.63) is 28.2 Å². The molecule has 2 rings (SSSR count). The molecule has 0 spiro atoms. The van der Waals surface area contributed by atoms with Gasteiger partial charge >= 0.3 is 0 Å². The highest BCUT2D eigenvalue weighted by Crippen LogP contribution is 2.25. The SMILES string of the molecule is COc1ccc(CN[C@H]2CCCOC2)cc1Br. The van der Waals surface area contributed by atoms with Crippen molar-refractivity contribution in [3.8, 4) is 5.75 Å². The van der Waals surface area contributed by atoms with E-state index in [2.05, 4.69) is 33.4 Å². The fourth-order valence-electron chi connectivity index (χ4n) is 1.98. The van der Waals surface area contributed by atoms with Gasteiger partial charge in [-0.2, -0.15) is 0 Å². The molecular formula is C13H18BrNO2. The first-order valence-corrected chi connectivity index (χ1v) is 6.72. The fourth-order valence-corrected chi connectivity index (χ4v) is 2.57. The lowest BCUT2D eigenvalue weighted by atomic mass is 10.1. The lowest BCUT2D eigenvalue weighted by Gasteiger charge is -2.23. The van der Waals surface area contributed by atoms with Crippen molar-refractivity contribution >= 4 is 15.9 Å². The minimum Gasteiger partial charge on any atom is -0.496 e. The van der Waals surface area contributed by atoms with E-state index >= 15 is 0 Å². The second kappa shape index (κ2) is 6.38. The maximum Gasteiger partial charge on any atom is 0.133 e.